The number of hydrogen-bond acceptors (Lipinski definition) is 4. The summed E-state index contributed by atoms with van der Waals surface area (Å²) < 4.78 is 7.20. The highest BCUT2D eigenvalue weighted by Crippen LogP contribution is 2.28. The van der Waals surface area contributed by atoms with Crippen molar-refractivity contribution < 1.29 is 4.74 Å². The van der Waals surface area contributed by atoms with Crippen molar-refractivity contribution in [3.05, 3.63) is 23.2 Å². The lowest BCUT2D eigenvalue weighted by atomic mass is 10.1. The van der Waals surface area contributed by atoms with Gasteiger partial charge in [-0.3, -0.25) is 0 Å². The van der Waals surface area contributed by atoms with Crippen LogP contribution in [-0.4, -0.2) is 24.4 Å². The molecule has 1 aliphatic heterocycles. The van der Waals surface area contributed by atoms with Crippen molar-refractivity contribution in [3.8, 4) is 0 Å². The van der Waals surface area contributed by atoms with Gasteiger partial charge in [0, 0.05) is 12.2 Å². The number of hydrogen-bond donors (Lipinski definition) is 0. The molecule has 3 rings (SSSR count). The SMILES string of the molecule is CCCCCCC1CN(c2ccc3sc(C)nc3c2)CO1. The number of ether oxygens (including phenoxy) is 1. The van der Waals surface area contributed by atoms with Crippen LogP contribution in [0.5, 0.6) is 0 Å². The Morgan fingerprint density at radius 2 is 2.24 bits per heavy atom. The number of anilines is 1. The molecule has 1 saturated heterocycles. The highest BCUT2D eigenvalue weighted by Gasteiger charge is 2.23. The van der Waals surface area contributed by atoms with Crippen molar-refractivity contribution in [2.24, 2.45) is 0 Å². The molecule has 0 radical (unpaired) electrons. The highest BCUT2D eigenvalue weighted by molar-refractivity contribution is 7.18. The number of nitrogens with zero attached hydrogens (tertiary/aromatic N) is 2. The minimum absolute atomic E-state index is 0.398. The largest absolute Gasteiger partial charge is 0.356 e. The first-order valence-electron chi connectivity index (χ1n) is 8.00. The van der Waals surface area contributed by atoms with Crippen molar-refractivity contribution >= 4 is 27.2 Å². The molecule has 3 nitrogen and oxygen atoms in total. The third kappa shape index (κ3) is 3.55. The van der Waals surface area contributed by atoms with Gasteiger partial charge in [0.25, 0.3) is 0 Å². The van der Waals surface area contributed by atoms with E-state index in [4.69, 9.17) is 4.74 Å². The van der Waals surface area contributed by atoms with Gasteiger partial charge in [0.15, 0.2) is 0 Å². The van der Waals surface area contributed by atoms with Gasteiger partial charge in [-0.05, 0) is 31.5 Å². The van der Waals surface area contributed by atoms with Crippen molar-refractivity contribution in [2.45, 2.75) is 52.1 Å². The van der Waals surface area contributed by atoms with Crippen LogP contribution in [-0.2, 0) is 4.74 Å². The molecule has 0 saturated carbocycles. The topological polar surface area (TPSA) is 25.4 Å². The normalized spacial score (nSPS) is 18.8. The van der Waals surface area contributed by atoms with Gasteiger partial charge in [-0.1, -0.05) is 32.6 Å². The van der Waals surface area contributed by atoms with Gasteiger partial charge in [-0.25, -0.2) is 4.98 Å². The van der Waals surface area contributed by atoms with Crippen LogP contribution in [0.3, 0.4) is 0 Å². The monoisotopic (exact) mass is 304 g/mol. The molecule has 0 spiro atoms. The molecule has 1 fully saturated rings. The van der Waals surface area contributed by atoms with Gasteiger partial charge >= 0.3 is 0 Å². The van der Waals surface area contributed by atoms with E-state index >= 15 is 0 Å². The summed E-state index contributed by atoms with van der Waals surface area (Å²) in [6, 6.07) is 6.58. The van der Waals surface area contributed by atoms with Gasteiger partial charge < -0.3 is 9.64 Å². The number of unbranched alkanes of at least 4 members (excludes halogenated alkanes) is 3. The molecule has 4 heteroatoms. The third-order valence-electron chi connectivity index (χ3n) is 4.11. The lowest BCUT2D eigenvalue weighted by Gasteiger charge is -2.16. The van der Waals surface area contributed by atoms with E-state index in [-0.39, 0.29) is 0 Å². The van der Waals surface area contributed by atoms with Crippen LogP contribution >= 0.6 is 11.3 Å². The summed E-state index contributed by atoms with van der Waals surface area (Å²) in [5.41, 5.74) is 2.35. The van der Waals surface area contributed by atoms with Crippen LogP contribution in [0.25, 0.3) is 10.2 Å². The maximum absolute atomic E-state index is 5.93. The molecule has 21 heavy (non-hydrogen) atoms. The summed E-state index contributed by atoms with van der Waals surface area (Å²) in [6.07, 6.45) is 6.85. The smallest absolute Gasteiger partial charge is 0.119 e. The van der Waals surface area contributed by atoms with Gasteiger partial charge in [0.05, 0.1) is 21.3 Å². The Kier molecular flexibility index (Phi) is 4.76. The number of fused-ring (bicyclic) bond motifs is 1. The van der Waals surface area contributed by atoms with Gasteiger partial charge in [-0.15, -0.1) is 11.3 Å². The maximum atomic E-state index is 5.93. The lowest BCUT2D eigenvalue weighted by Crippen LogP contribution is -2.21. The first kappa shape index (κ1) is 14.8. The zero-order valence-corrected chi connectivity index (χ0v) is 13.8. The fourth-order valence-corrected chi connectivity index (χ4v) is 3.74. The average molecular weight is 304 g/mol. The van der Waals surface area contributed by atoms with Crippen LogP contribution in [0, 0.1) is 6.92 Å². The lowest BCUT2D eigenvalue weighted by molar-refractivity contribution is 0.107. The molecule has 2 aromatic rings. The summed E-state index contributed by atoms with van der Waals surface area (Å²) in [5.74, 6) is 0. The van der Waals surface area contributed by atoms with E-state index in [9.17, 15) is 0 Å². The molecule has 0 N–H and O–H groups in total. The Hall–Kier alpha value is -1.13. The minimum Gasteiger partial charge on any atom is -0.356 e. The molecule has 0 aliphatic carbocycles. The predicted molar refractivity (Wildman–Crippen MR) is 90.2 cm³/mol. The van der Waals surface area contributed by atoms with E-state index in [0.29, 0.717) is 12.8 Å². The zero-order valence-electron chi connectivity index (χ0n) is 13.0. The Morgan fingerprint density at radius 1 is 1.33 bits per heavy atom. The van der Waals surface area contributed by atoms with Crippen LogP contribution in [0.4, 0.5) is 5.69 Å². The molecule has 0 amide bonds. The molecule has 2 heterocycles. The molecular weight excluding hydrogens is 280 g/mol. The van der Waals surface area contributed by atoms with Gasteiger partial charge in [-0.2, -0.15) is 0 Å². The van der Waals surface area contributed by atoms with Crippen LogP contribution in [0.2, 0.25) is 0 Å². The summed E-state index contributed by atoms with van der Waals surface area (Å²) in [5, 5.41) is 1.13. The van der Waals surface area contributed by atoms with Crippen molar-refractivity contribution in [1.29, 1.82) is 0 Å². The van der Waals surface area contributed by atoms with Crippen LogP contribution in [0.1, 0.15) is 44.0 Å². The van der Waals surface area contributed by atoms with Crippen molar-refractivity contribution in [1.82, 2.24) is 4.98 Å². The fraction of sp³-hybridized carbons (Fsp3) is 0.588. The highest BCUT2D eigenvalue weighted by atomic mass is 32.1. The van der Waals surface area contributed by atoms with Crippen molar-refractivity contribution in [3.63, 3.8) is 0 Å². The molecule has 1 aromatic carbocycles. The third-order valence-corrected chi connectivity index (χ3v) is 5.06. The van der Waals surface area contributed by atoms with E-state index in [1.807, 2.05) is 0 Å². The standard InChI is InChI=1S/C17H24N2OS/c1-3-4-5-6-7-15-11-19(12-20-15)14-8-9-17-16(10-14)18-13(2)21-17/h8-10,15H,3-7,11-12H2,1-2H3. The number of benzene rings is 1. The van der Waals surface area contributed by atoms with Crippen molar-refractivity contribution in [2.75, 3.05) is 18.2 Å². The Balaban J connectivity index is 1.59. The maximum Gasteiger partial charge on any atom is 0.119 e. The zero-order chi connectivity index (χ0) is 14.7. The Morgan fingerprint density at radius 3 is 3.10 bits per heavy atom. The second kappa shape index (κ2) is 6.75. The van der Waals surface area contributed by atoms with E-state index in [1.165, 1.54) is 42.5 Å². The molecule has 1 atom stereocenters. The molecule has 1 aliphatic rings. The fourth-order valence-electron chi connectivity index (χ4n) is 2.93. The van der Waals surface area contributed by atoms with E-state index < -0.39 is 0 Å². The Labute approximate surface area is 130 Å². The molecular formula is C17H24N2OS. The van der Waals surface area contributed by atoms with E-state index in [0.717, 1.165) is 17.1 Å². The average Bonchev–Trinajstić information content (AvgIpc) is 3.08. The molecule has 114 valence electrons. The second-order valence-electron chi connectivity index (χ2n) is 5.87. The first-order valence-corrected chi connectivity index (χ1v) is 8.81. The minimum atomic E-state index is 0.398. The van der Waals surface area contributed by atoms with Crippen LogP contribution in [0.15, 0.2) is 18.2 Å². The Bertz CT molecular complexity index is 595. The summed E-state index contributed by atoms with van der Waals surface area (Å²) in [7, 11) is 0. The molecule has 1 unspecified atom stereocenters. The quantitative estimate of drug-likeness (QED) is 0.721. The number of aromatic nitrogens is 1. The first-order chi connectivity index (χ1) is 10.3. The van der Waals surface area contributed by atoms with Crippen LogP contribution < -0.4 is 4.90 Å². The predicted octanol–water partition coefficient (Wildman–Crippen LogP) is 4.74. The summed E-state index contributed by atoms with van der Waals surface area (Å²) >= 11 is 1.76. The van der Waals surface area contributed by atoms with Gasteiger partial charge in [0.2, 0.25) is 0 Å². The summed E-state index contributed by atoms with van der Waals surface area (Å²) in [6.45, 7) is 6.05. The van der Waals surface area contributed by atoms with E-state index in [2.05, 4.69) is 41.9 Å². The molecule has 0 bridgehead atoms. The molecule has 1 aromatic heterocycles. The number of thiazole rings is 1. The number of aryl methyl sites for hydroxylation is 1. The van der Waals surface area contributed by atoms with Gasteiger partial charge in [0.1, 0.15) is 6.73 Å². The second-order valence-corrected chi connectivity index (χ2v) is 7.11. The number of rotatable bonds is 6. The summed E-state index contributed by atoms with van der Waals surface area (Å²) in [4.78, 5) is 6.92. The van der Waals surface area contributed by atoms with E-state index in [1.54, 1.807) is 11.3 Å².